The molecule has 0 aromatic carbocycles. The molecule has 0 saturated carbocycles. The second-order valence-electron chi connectivity index (χ2n) is 16.1. The molecule has 0 spiro atoms. The van der Waals surface area contributed by atoms with Crippen LogP contribution >= 0.6 is 0 Å². The Morgan fingerprint density at radius 3 is 1.55 bits per heavy atom. The lowest BCUT2D eigenvalue weighted by Gasteiger charge is -2.40. The van der Waals surface area contributed by atoms with Crippen molar-refractivity contribution < 1.29 is 56.8 Å². The second kappa shape index (κ2) is 35.8. The van der Waals surface area contributed by atoms with Crippen LogP contribution in [0.2, 0.25) is 0 Å². The molecule has 1 heterocycles. The molecule has 12 nitrogen and oxygen atoms in total. The molecule has 1 saturated heterocycles. The van der Waals surface area contributed by atoms with E-state index in [1.165, 1.54) is 109 Å². The molecule has 340 valence electrons. The van der Waals surface area contributed by atoms with Crippen LogP contribution in [-0.4, -0.2) is 96.0 Å². The summed E-state index contributed by atoms with van der Waals surface area (Å²) in [6.07, 6.45) is 29.4. The van der Waals surface area contributed by atoms with E-state index >= 15 is 0 Å². The third-order valence-corrected chi connectivity index (χ3v) is 11.3. The van der Waals surface area contributed by atoms with E-state index in [1.54, 1.807) is 0 Å². The summed E-state index contributed by atoms with van der Waals surface area (Å²) in [5, 5.41) is 30.9. The van der Waals surface area contributed by atoms with Crippen LogP contribution in [0.5, 0.6) is 0 Å². The number of unbranched alkanes of at least 4 members (excludes halogenated alkanes) is 22. The van der Waals surface area contributed by atoms with E-state index in [0.717, 1.165) is 44.9 Å². The molecule has 0 aromatic heterocycles. The highest BCUT2D eigenvalue weighted by Gasteiger charge is 2.46. The molecule has 0 bridgehead atoms. The van der Waals surface area contributed by atoms with Crippen LogP contribution in [-0.2, 0) is 38.7 Å². The SMILES string of the molecule is CCCCCCCC/C=C/C/C=C/CCCCC(=O)OC[C@H](CO[C@H]1O[C@H](CS(=O)(=O)O)[C@@H](O)C(O)C1O)OC(=O)CCCCCCCCCCCCCCCCC. The lowest BCUT2D eigenvalue weighted by Crippen LogP contribution is -2.60. The highest BCUT2D eigenvalue weighted by molar-refractivity contribution is 7.85. The third kappa shape index (κ3) is 30.2. The van der Waals surface area contributed by atoms with Crippen LogP contribution in [0.4, 0.5) is 0 Å². The van der Waals surface area contributed by atoms with Gasteiger partial charge >= 0.3 is 11.9 Å². The first-order valence-corrected chi connectivity index (χ1v) is 24.5. The van der Waals surface area contributed by atoms with E-state index in [0.29, 0.717) is 12.8 Å². The molecule has 0 radical (unpaired) electrons. The molecule has 1 aliphatic heterocycles. The van der Waals surface area contributed by atoms with E-state index in [1.807, 2.05) is 0 Å². The van der Waals surface area contributed by atoms with Crippen LogP contribution in [0.3, 0.4) is 0 Å². The minimum atomic E-state index is -4.60. The molecule has 1 aliphatic rings. The predicted octanol–water partition coefficient (Wildman–Crippen LogP) is 9.23. The summed E-state index contributed by atoms with van der Waals surface area (Å²) < 4.78 is 54.0. The molecule has 1 fully saturated rings. The molecule has 4 N–H and O–H groups in total. The summed E-state index contributed by atoms with van der Waals surface area (Å²) in [5.74, 6) is -2.02. The van der Waals surface area contributed by atoms with Crippen molar-refractivity contribution in [3.8, 4) is 0 Å². The third-order valence-electron chi connectivity index (χ3n) is 10.5. The number of carbonyl (C=O) groups excluding carboxylic acids is 2. The molecule has 6 atom stereocenters. The van der Waals surface area contributed by atoms with Gasteiger partial charge in [0, 0.05) is 12.8 Å². The van der Waals surface area contributed by atoms with Gasteiger partial charge in [0.15, 0.2) is 12.4 Å². The molecule has 2 unspecified atom stereocenters. The monoisotopic (exact) mass is 847 g/mol. The number of esters is 2. The lowest BCUT2D eigenvalue weighted by atomic mass is 10.00. The van der Waals surface area contributed by atoms with Crippen molar-refractivity contribution in [1.82, 2.24) is 0 Å². The normalized spacial score (nSPS) is 20.6. The van der Waals surface area contributed by atoms with Crippen molar-refractivity contribution in [2.24, 2.45) is 0 Å². The zero-order valence-corrected chi connectivity index (χ0v) is 37.0. The molecular weight excluding hydrogens is 765 g/mol. The molecule has 0 amide bonds. The van der Waals surface area contributed by atoms with Gasteiger partial charge in [-0.1, -0.05) is 160 Å². The predicted molar refractivity (Wildman–Crippen MR) is 229 cm³/mol. The molecule has 13 heteroatoms. The highest BCUT2D eigenvalue weighted by Crippen LogP contribution is 2.24. The second-order valence-corrected chi connectivity index (χ2v) is 17.6. The van der Waals surface area contributed by atoms with Gasteiger partial charge in [0.05, 0.1) is 6.61 Å². The minimum absolute atomic E-state index is 0.162. The fourth-order valence-corrected chi connectivity index (χ4v) is 7.63. The number of hydrogen-bond acceptors (Lipinski definition) is 11. The van der Waals surface area contributed by atoms with Crippen LogP contribution in [0.25, 0.3) is 0 Å². The van der Waals surface area contributed by atoms with Crippen LogP contribution in [0.1, 0.15) is 194 Å². The van der Waals surface area contributed by atoms with E-state index < -0.39 is 71.2 Å². The average molecular weight is 847 g/mol. The Balaban J connectivity index is 2.46. The summed E-state index contributed by atoms with van der Waals surface area (Å²) in [5.41, 5.74) is 0. The van der Waals surface area contributed by atoms with Gasteiger partial charge < -0.3 is 34.3 Å². The maximum absolute atomic E-state index is 12.8. The van der Waals surface area contributed by atoms with Gasteiger partial charge in [-0.25, -0.2) is 0 Å². The van der Waals surface area contributed by atoms with Gasteiger partial charge in [0.1, 0.15) is 36.8 Å². The first-order valence-electron chi connectivity index (χ1n) is 22.9. The Morgan fingerprint density at radius 1 is 0.586 bits per heavy atom. The summed E-state index contributed by atoms with van der Waals surface area (Å²) in [7, 11) is -4.60. The standard InChI is InChI=1S/C45H82O12S/c1-3-5-7-9-11-13-15-17-19-21-23-25-27-29-31-33-40(46)54-35-38(36-55-45-44(50)43(49)42(48)39(57-45)37-58(51,52)53)56-41(47)34-32-30-28-26-24-22-20-18-16-14-12-10-8-6-4-2/h17,19,23,25,38-39,42-45,48-50H,3-16,18,20-22,24,26-37H2,1-2H3,(H,51,52,53)/b19-17+,25-23+/t38-,39-,42-,43?,44?,45+/m1/s1. The quantitative estimate of drug-likeness (QED) is 0.0200. The zero-order chi connectivity index (χ0) is 42.7. The summed E-state index contributed by atoms with van der Waals surface area (Å²) in [6, 6.07) is 0. The molecule has 0 aromatic rings. The van der Waals surface area contributed by atoms with E-state index in [2.05, 4.69) is 38.2 Å². The van der Waals surface area contributed by atoms with Gasteiger partial charge in [0.2, 0.25) is 0 Å². The molecular formula is C45H82O12S. The van der Waals surface area contributed by atoms with Crippen molar-refractivity contribution in [3.63, 3.8) is 0 Å². The van der Waals surface area contributed by atoms with Crippen molar-refractivity contribution in [2.75, 3.05) is 19.0 Å². The zero-order valence-electron chi connectivity index (χ0n) is 36.2. The Bertz CT molecular complexity index is 1180. The van der Waals surface area contributed by atoms with Crippen LogP contribution < -0.4 is 0 Å². The Morgan fingerprint density at radius 2 is 1.03 bits per heavy atom. The number of hydrogen-bond donors (Lipinski definition) is 4. The molecule has 58 heavy (non-hydrogen) atoms. The summed E-state index contributed by atoms with van der Waals surface area (Å²) >= 11 is 0. The highest BCUT2D eigenvalue weighted by atomic mass is 32.2. The van der Waals surface area contributed by atoms with Gasteiger partial charge in [0.25, 0.3) is 10.1 Å². The van der Waals surface area contributed by atoms with Crippen molar-refractivity contribution >= 4 is 22.1 Å². The van der Waals surface area contributed by atoms with Gasteiger partial charge in [-0.05, 0) is 44.9 Å². The fourth-order valence-electron chi connectivity index (χ4n) is 6.94. The van der Waals surface area contributed by atoms with E-state index in [-0.39, 0.29) is 19.4 Å². The van der Waals surface area contributed by atoms with Crippen molar-refractivity contribution in [1.29, 1.82) is 0 Å². The van der Waals surface area contributed by atoms with Gasteiger partial charge in [-0.2, -0.15) is 8.42 Å². The van der Waals surface area contributed by atoms with E-state index in [4.69, 9.17) is 18.9 Å². The Kier molecular flexibility index (Phi) is 33.5. The number of aliphatic hydroxyl groups is 3. The van der Waals surface area contributed by atoms with Crippen LogP contribution in [0, 0.1) is 0 Å². The maximum Gasteiger partial charge on any atom is 0.306 e. The minimum Gasteiger partial charge on any atom is -0.462 e. The number of carbonyl (C=O) groups is 2. The smallest absolute Gasteiger partial charge is 0.306 e. The van der Waals surface area contributed by atoms with Crippen molar-refractivity contribution in [2.45, 2.75) is 230 Å². The van der Waals surface area contributed by atoms with Crippen LogP contribution in [0.15, 0.2) is 24.3 Å². The van der Waals surface area contributed by atoms with Gasteiger partial charge in [-0.15, -0.1) is 0 Å². The maximum atomic E-state index is 12.8. The summed E-state index contributed by atoms with van der Waals surface area (Å²) in [4.78, 5) is 25.4. The fraction of sp³-hybridized carbons (Fsp3) is 0.867. The number of aliphatic hydroxyl groups excluding tert-OH is 3. The Labute approximate surface area is 351 Å². The first kappa shape index (κ1) is 54.1. The summed E-state index contributed by atoms with van der Waals surface area (Å²) in [6.45, 7) is 3.73. The molecule has 0 aliphatic carbocycles. The van der Waals surface area contributed by atoms with Gasteiger partial charge in [-0.3, -0.25) is 14.1 Å². The largest absolute Gasteiger partial charge is 0.462 e. The van der Waals surface area contributed by atoms with E-state index in [9.17, 15) is 37.9 Å². The Hall–Kier alpha value is -1.87. The first-order chi connectivity index (χ1) is 28.0. The average Bonchev–Trinajstić information content (AvgIpc) is 3.18. The topological polar surface area (TPSA) is 186 Å². The molecule has 1 rings (SSSR count). The lowest BCUT2D eigenvalue weighted by molar-refractivity contribution is -0.297. The number of allylic oxidation sites excluding steroid dienone is 4. The number of rotatable bonds is 38. The van der Waals surface area contributed by atoms with Crippen molar-refractivity contribution in [3.05, 3.63) is 24.3 Å². The number of ether oxygens (including phenoxy) is 4.